The number of benzene rings is 2. The lowest BCUT2D eigenvalue weighted by Gasteiger charge is -2.28. The van der Waals surface area contributed by atoms with Crippen LogP contribution in [0, 0.1) is 0 Å². The highest BCUT2D eigenvalue weighted by Gasteiger charge is 2.24. The summed E-state index contributed by atoms with van der Waals surface area (Å²) in [7, 11) is 1.67. The highest BCUT2D eigenvalue weighted by atomic mass is 32.1. The van der Waals surface area contributed by atoms with Crippen LogP contribution in [0.2, 0.25) is 0 Å². The Balaban J connectivity index is 1.45. The number of nitrogens with one attached hydrogen (secondary N) is 1. The van der Waals surface area contributed by atoms with E-state index in [1.165, 1.54) is 29.7 Å². The lowest BCUT2D eigenvalue weighted by Crippen LogP contribution is -2.36. The van der Waals surface area contributed by atoms with E-state index in [-0.39, 0.29) is 11.9 Å². The normalized spacial score (nSPS) is 15.2. The Morgan fingerprint density at radius 3 is 2.55 bits per heavy atom. The first-order chi connectivity index (χ1) is 14.2. The van der Waals surface area contributed by atoms with Gasteiger partial charge in [-0.15, -0.1) is 11.3 Å². The smallest absolute Gasteiger partial charge is 0.270 e. The van der Waals surface area contributed by atoms with E-state index in [9.17, 15) is 4.79 Å². The average Bonchev–Trinajstić information content (AvgIpc) is 3.47. The number of ether oxygens (including phenoxy) is 1. The number of hydrogen-bond donors (Lipinski definition) is 1. The maximum Gasteiger partial charge on any atom is 0.270 e. The van der Waals surface area contributed by atoms with E-state index in [2.05, 4.69) is 27.3 Å². The summed E-state index contributed by atoms with van der Waals surface area (Å²) < 4.78 is 5.28. The summed E-state index contributed by atoms with van der Waals surface area (Å²) in [6.45, 7) is 2.67. The second kappa shape index (κ2) is 9.20. The summed E-state index contributed by atoms with van der Waals surface area (Å²) in [5.41, 5.74) is 2.70. The summed E-state index contributed by atoms with van der Waals surface area (Å²) in [6.07, 6.45) is 2.40. The zero-order chi connectivity index (χ0) is 20.1. The first-order valence-corrected chi connectivity index (χ1v) is 10.8. The summed E-state index contributed by atoms with van der Waals surface area (Å²) in [4.78, 5) is 19.7. The number of amides is 1. The molecule has 150 valence electrons. The molecule has 5 nitrogen and oxygen atoms in total. The molecule has 4 rings (SSSR count). The van der Waals surface area contributed by atoms with Gasteiger partial charge in [-0.2, -0.15) is 0 Å². The molecule has 0 saturated carbocycles. The molecule has 1 N–H and O–H groups in total. The lowest BCUT2D eigenvalue weighted by atomic mass is 10.1. The van der Waals surface area contributed by atoms with Gasteiger partial charge in [0.2, 0.25) is 0 Å². The SMILES string of the molecule is COc1ccc([C@@H](CNC(=O)c2csc(-c3ccccc3)n2)N2CCCC2)cc1. The van der Waals surface area contributed by atoms with Gasteiger partial charge in [-0.1, -0.05) is 42.5 Å². The minimum absolute atomic E-state index is 0.124. The van der Waals surface area contributed by atoms with Crippen molar-refractivity contribution in [2.45, 2.75) is 18.9 Å². The monoisotopic (exact) mass is 407 g/mol. The third kappa shape index (κ3) is 4.66. The summed E-state index contributed by atoms with van der Waals surface area (Å²) in [6, 6.07) is 18.2. The van der Waals surface area contributed by atoms with Gasteiger partial charge in [0.05, 0.1) is 13.2 Å². The van der Waals surface area contributed by atoms with Crippen LogP contribution < -0.4 is 10.1 Å². The molecule has 1 aliphatic heterocycles. The number of thiazole rings is 1. The van der Waals surface area contributed by atoms with Gasteiger partial charge in [0.1, 0.15) is 16.5 Å². The molecule has 0 radical (unpaired) electrons. The summed E-state index contributed by atoms with van der Waals surface area (Å²) in [5.74, 6) is 0.718. The Morgan fingerprint density at radius 1 is 1.14 bits per heavy atom. The van der Waals surface area contributed by atoms with E-state index in [0.29, 0.717) is 12.2 Å². The van der Waals surface area contributed by atoms with Crippen LogP contribution in [0.25, 0.3) is 10.6 Å². The molecule has 0 bridgehead atoms. The average molecular weight is 408 g/mol. The first kappa shape index (κ1) is 19.6. The second-order valence-corrected chi connectivity index (χ2v) is 8.00. The fraction of sp³-hybridized carbons (Fsp3) is 0.304. The number of aromatic nitrogens is 1. The zero-order valence-corrected chi connectivity index (χ0v) is 17.3. The van der Waals surface area contributed by atoms with Crippen molar-refractivity contribution >= 4 is 17.2 Å². The lowest BCUT2D eigenvalue weighted by molar-refractivity contribution is 0.0933. The number of rotatable bonds is 7. The molecule has 0 aliphatic carbocycles. The van der Waals surface area contributed by atoms with Crippen LogP contribution in [0.1, 0.15) is 34.9 Å². The van der Waals surface area contributed by atoms with Gasteiger partial charge in [0.25, 0.3) is 5.91 Å². The molecule has 1 aromatic heterocycles. The Hall–Kier alpha value is -2.70. The number of hydrogen-bond acceptors (Lipinski definition) is 5. The fourth-order valence-electron chi connectivity index (χ4n) is 3.71. The number of nitrogens with zero attached hydrogens (tertiary/aromatic N) is 2. The van der Waals surface area contributed by atoms with Crippen LogP contribution in [0.3, 0.4) is 0 Å². The van der Waals surface area contributed by atoms with Gasteiger partial charge in [-0.3, -0.25) is 9.69 Å². The maximum absolute atomic E-state index is 12.7. The quantitative estimate of drug-likeness (QED) is 0.631. The van der Waals surface area contributed by atoms with Crippen LogP contribution in [-0.4, -0.2) is 42.5 Å². The van der Waals surface area contributed by atoms with Crippen molar-refractivity contribution in [1.29, 1.82) is 0 Å². The van der Waals surface area contributed by atoms with E-state index >= 15 is 0 Å². The molecule has 1 atom stereocenters. The number of likely N-dealkylation sites (tertiary alicyclic amines) is 1. The van der Waals surface area contributed by atoms with Gasteiger partial charge in [-0.05, 0) is 43.6 Å². The number of carbonyl (C=O) groups is 1. The standard InChI is InChI=1S/C23H25N3O2S/c1-28-19-11-9-17(10-12-19)21(26-13-5-6-14-26)15-24-22(27)20-16-29-23(25-20)18-7-3-2-4-8-18/h2-4,7-12,16,21H,5-6,13-15H2,1H3,(H,24,27)/t21-/m1/s1. The van der Waals surface area contributed by atoms with Crippen molar-refractivity contribution < 1.29 is 9.53 Å². The molecule has 3 aromatic rings. The molecular formula is C23H25N3O2S. The van der Waals surface area contributed by atoms with Gasteiger partial charge >= 0.3 is 0 Å². The molecule has 1 saturated heterocycles. The van der Waals surface area contributed by atoms with Gasteiger partial charge in [0.15, 0.2) is 0 Å². The van der Waals surface area contributed by atoms with Gasteiger partial charge in [0, 0.05) is 17.5 Å². The number of carbonyl (C=O) groups excluding carboxylic acids is 1. The third-order valence-corrected chi connectivity index (χ3v) is 6.19. The third-order valence-electron chi connectivity index (χ3n) is 5.30. The Labute approximate surface area is 175 Å². The van der Waals surface area contributed by atoms with E-state index in [4.69, 9.17) is 4.74 Å². The minimum atomic E-state index is -0.124. The highest BCUT2D eigenvalue weighted by molar-refractivity contribution is 7.13. The van der Waals surface area contributed by atoms with Crippen molar-refractivity contribution in [3.63, 3.8) is 0 Å². The van der Waals surface area contributed by atoms with Crippen molar-refractivity contribution in [2.24, 2.45) is 0 Å². The predicted molar refractivity (Wildman–Crippen MR) is 116 cm³/mol. The van der Waals surface area contributed by atoms with Crippen LogP contribution in [0.15, 0.2) is 60.0 Å². The fourth-order valence-corrected chi connectivity index (χ4v) is 4.51. The predicted octanol–water partition coefficient (Wildman–Crippen LogP) is 4.39. The Kier molecular flexibility index (Phi) is 6.22. The molecule has 29 heavy (non-hydrogen) atoms. The molecular weight excluding hydrogens is 382 g/mol. The van der Waals surface area contributed by atoms with Gasteiger partial charge < -0.3 is 10.1 Å². The minimum Gasteiger partial charge on any atom is -0.497 e. The molecule has 2 heterocycles. The molecule has 2 aromatic carbocycles. The maximum atomic E-state index is 12.7. The van der Waals surface area contributed by atoms with Crippen molar-refractivity contribution in [3.8, 4) is 16.3 Å². The van der Waals surface area contributed by atoms with E-state index in [1.807, 2.05) is 47.8 Å². The van der Waals surface area contributed by atoms with E-state index < -0.39 is 0 Å². The highest BCUT2D eigenvalue weighted by Crippen LogP contribution is 2.27. The molecule has 0 spiro atoms. The van der Waals surface area contributed by atoms with Crippen LogP contribution in [0.5, 0.6) is 5.75 Å². The van der Waals surface area contributed by atoms with Crippen LogP contribution in [-0.2, 0) is 0 Å². The molecule has 1 aliphatic rings. The van der Waals surface area contributed by atoms with E-state index in [0.717, 1.165) is 29.4 Å². The van der Waals surface area contributed by atoms with Crippen molar-refractivity contribution in [2.75, 3.05) is 26.7 Å². The Bertz CT molecular complexity index is 934. The van der Waals surface area contributed by atoms with Gasteiger partial charge in [-0.25, -0.2) is 4.98 Å². The largest absolute Gasteiger partial charge is 0.497 e. The van der Waals surface area contributed by atoms with Crippen LogP contribution in [0.4, 0.5) is 0 Å². The summed E-state index contributed by atoms with van der Waals surface area (Å²) in [5, 5.41) is 5.79. The first-order valence-electron chi connectivity index (χ1n) is 9.92. The van der Waals surface area contributed by atoms with Crippen LogP contribution >= 0.6 is 11.3 Å². The zero-order valence-electron chi connectivity index (χ0n) is 16.5. The topological polar surface area (TPSA) is 54.5 Å². The van der Waals surface area contributed by atoms with Crippen molar-refractivity contribution in [3.05, 3.63) is 71.2 Å². The molecule has 1 fully saturated rings. The number of methoxy groups -OCH3 is 1. The second-order valence-electron chi connectivity index (χ2n) is 7.15. The summed E-state index contributed by atoms with van der Waals surface area (Å²) >= 11 is 1.49. The van der Waals surface area contributed by atoms with Crippen molar-refractivity contribution in [1.82, 2.24) is 15.2 Å². The molecule has 0 unspecified atom stereocenters. The van der Waals surface area contributed by atoms with E-state index in [1.54, 1.807) is 7.11 Å². The molecule has 6 heteroatoms. The Morgan fingerprint density at radius 2 is 1.86 bits per heavy atom. The molecule has 1 amide bonds.